The lowest BCUT2D eigenvalue weighted by atomic mass is 10.1. The molecule has 11 heteroatoms. The second-order valence-corrected chi connectivity index (χ2v) is 10.6. The number of nitrogens with zero attached hydrogens (tertiary/aromatic N) is 1. The first-order valence-corrected chi connectivity index (χ1v) is 13.0. The number of imide groups is 1. The Bertz CT molecular complexity index is 1440. The number of amides is 2. The molecule has 0 spiro atoms. The number of hydrogen-bond acceptors (Lipinski definition) is 7. The molecular weight excluding hydrogens is 533 g/mol. The maximum atomic E-state index is 12.9. The number of rotatable bonds is 7. The van der Waals surface area contributed by atoms with Gasteiger partial charge in [-0.2, -0.15) is 8.42 Å². The zero-order valence-corrected chi connectivity index (χ0v) is 21.2. The van der Waals surface area contributed by atoms with Crippen LogP contribution in [-0.4, -0.2) is 31.6 Å². The molecule has 1 aliphatic heterocycles. The fourth-order valence-electron chi connectivity index (χ4n) is 3.20. The van der Waals surface area contributed by atoms with Gasteiger partial charge in [-0.05, 0) is 65.4 Å². The summed E-state index contributed by atoms with van der Waals surface area (Å²) in [5.41, 5.74) is 1.10. The third-order valence-corrected chi connectivity index (χ3v) is 7.68. The first-order chi connectivity index (χ1) is 16.7. The van der Waals surface area contributed by atoms with Gasteiger partial charge in [-0.25, -0.2) is 0 Å². The van der Waals surface area contributed by atoms with E-state index in [-0.39, 0.29) is 27.8 Å². The number of methoxy groups -OCH3 is 1. The molecule has 4 rings (SSSR count). The fourth-order valence-corrected chi connectivity index (χ4v) is 5.47. The lowest BCUT2D eigenvalue weighted by Crippen LogP contribution is -2.27. The topological polar surface area (TPSA) is 90.0 Å². The molecule has 1 saturated heterocycles. The van der Waals surface area contributed by atoms with E-state index in [0.717, 1.165) is 16.7 Å². The molecule has 0 aromatic heterocycles. The van der Waals surface area contributed by atoms with Gasteiger partial charge in [0, 0.05) is 10.0 Å². The Hall–Kier alpha value is -2.98. The van der Waals surface area contributed by atoms with Crippen molar-refractivity contribution in [2.75, 3.05) is 7.11 Å². The Morgan fingerprint density at radius 3 is 2.40 bits per heavy atom. The van der Waals surface area contributed by atoms with E-state index in [1.165, 1.54) is 37.5 Å². The summed E-state index contributed by atoms with van der Waals surface area (Å²) in [6.07, 6.45) is 1.52. The zero-order valence-electron chi connectivity index (χ0n) is 18.1. The van der Waals surface area contributed by atoms with E-state index in [9.17, 15) is 18.0 Å². The molecule has 2 amide bonds. The van der Waals surface area contributed by atoms with E-state index in [1.54, 1.807) is 42.5 Å². The Balaban J connectivity index is 1.55. The number of carbonyl (C=O) groups is 2. The summed E-state index contributed by atoms with van der Waals surface area (Å²) in [6.45, 7) is 0.00541. The second-order valence-electron chi connectivity index (χ2n) is 7.26. The van der Waals surface area contributed by atoms with Gasteiger partial charge in [0.15, 0.2) is 11.5 Å². The molecule has 3 aromatic carbocycles. The average Bonchev–Trinajstić information content (AvgIpc) is 3.09. The standard InChI is InChI=1S/C24H17Cl2NO6S2/c1-32-21-11-15(7-10-20(21)33-35(30,31)18-5-3-2-4-6-18)12-22-23(28)27(24(29)34-22)14-16-8-9-17(25)13-19(16)26/h2-13H,14H2,1H3/b22-12-. The molecule has 0 unspecified atom stereocenters. The molecule has 180 valence electrons. The molecule has 35 heavy (non-hydrogen) atoms. The summed E-state index contributed by atoms with van der Waals surface area (Å²) in [4.78, 5) is 26.7. The van der Waals surface area contributed by atoms with E-state index in [0.29, 0.717) is 21.2 Å². The van der Waals surface area contributed by atoms with Gasteiger partial charge in [-0.1, -0.05) is 53.5 Å². The number of thioether (sulfide) groups is 1. The Morgan fingerprint density at radius 1 is 0.971 bits per heavy atom. The van der Waals surface area contributed by atoms with Gasteiger partial charge >= 0.3 is 10.1 Å². The number of hydrogen-bond donors (Lipinski definition) is 0. The predicted molar refractivity (Wildman–Crippen MR) is 135 cm³/mol. The van der Waals surface area contributed by atoms with Crippen LogP contribution in [0.4, 0.5) is 4.79 Å². The summed E-state index contributed by atoms with van der Waals surface area (Å²) in [7, 11) is -2.70. The Kier molecular flexibility index (Phi) is 7.42. The minimum absolute atomic E-state index is 0.000550. The molecule has 0 radical (unpaired) electrons. The van der Waals surface area contributed by atoms with Crippen molar-refractivity contribution in [3.8, 4) is 11.5 Å². The Morgan fingerprint density at radius 2 is 1.71 bits per heavy atom. The van der Waals surface area contributed by atoms with Crippen LogP contribution in [0.25, 0.3) is 6.08 Å². The van der Waals surface area contributed by atoms with Gasteiger partial charge < -0.3 is 8.92 Å². The monoisotopic (exact) mass is 549 g/mol. The molecular formula is C24H17Cl2NO6S2. The van der Waals surface area contributed by atoms with E-state index < -0.39 is 21.3 Å². The van der Waals surface area contributed by atoms with Crippen LogP contribution in [0.5, 0.6) is 11.5 Å². The molecule has 0 saturated carbocycles. The van der Waals surface area contributed by atoms with Crippen LogP contribution in [0, 0.1) is 0 Å². The second kappa shape index (κ2) is 10.3. The van der Waals surface area contributed by atoms with E-state index >= 15 is 0 Å². The van der Waals surface area contributed by atoms with Crippen molar-refractivity contribution in [1.29, 1.82) is 0 Å². The summed E-state index contributed by atoms with van der Waals surface area (Å²) in [5.74, 6) is -0.346. The Labute approximate surface area is 216 Å². The third kappa shape index (κ3) is 5.65. The van der Waals surface area contributed by atoms with Crippen molar-refractivity contribution < 1.29 is 26.9 Å². The first-order valence-electron chi connectivity index (χ1n) is 10.0. The number of halogens is 2. The highest BCUT2D eigenvalue weighted by Crippen LogP contribution is 2.36. The minimum atomic E-state index is -4.06. The molecule has 0 N–H and O–H groups in total. The average molecular weight is 550 g/mol. The molecule has 1 heterocycles. The molecule has 1 fully saturated rings. The van der Waals surface area contributed by atoms with Crippen LogP contribution in [0.2, 0.25) is 10.0 Å². The van der Waals surface area contributed by atoms with Gasteiger partial charge in [0.2, 0.25) is 0 Å². The molecule has 0 aliphatic carbocycles. The minimum Gasteiger partial charge on any atom is -0.493 e. The number of ether oxygens (including phenoxy) is 1. The fraction of sp³-hybridized carbons (Fsp3) is 0.0833. The van der Waals surface area contributed by atoms with Crippen molar-refractivity contribution in [3.05, 3.63) is 92.8 Å². The number of carbonyl (C=O) groups excluding carboxylic acids is 2. The number of benzene rings is 3. The maximum absolute atomic E-state index is 12.9. The quantitative estimate of drug-likeness (QED) is 0.263. The molecule has 7 nitrogen and oxygen atoms in total. The van der Waals surface area contributed by atoms with Crippen LogP contribution in [0.3, 0.4) is 0 Å². The van der Waals surface area contributed by atoms with Gasteiger partial charge in [0.05, 0.1) is 18.6 Å². The van der Waals surface area contributed by atoms with Crippen molar-refractivity contribution in [2.45, 2.75) is 11.4 Å². The van der Waals surface area contributed by atoms with Gasteiger partial charge in [-0.15, -0.1) is 0 Å². The van der Waals surface area contributed by atoms with E-state index in [1.807, 2.05) is 0 Å². The molecule has 1 aliphatic rings. The summed E-state index contributed by atoms with van der Waals surface area (Å²) >= 11 is 12.9. The van der Waals surface area contributed by atoms with E-state index in [4.69, 9.17) is 32.1 Å². The zero-order chi connectivity index (χ0) is 25.2. The van der Waals surface area contributed by atoms with Crippen molar-refractivity contribution >= 4 is 62.3 Å². The van der Waals surface area contributed by atoms with Crippen molar-refractivity contribution in [3.63, 3.8) is 0 Å². The SMILES string of the molecule is COc1cc(/C=C2\SC(=O)N(Cc3ccc(Cl)cc3Cl)C2=O)ccc1OS(=O)(=O)c1ccccc1. The van der Waals surface area contributed by atoms with Gasteiger partial charge in [-0.3, -0.25) is 14.5 Å². The summed E-state index contributed by atoms with van der Waals surface area (Å²) < 4.78 is 35.6. The van der Waals surface area contributed by atoms with Crippen LogP contribution < -0.4 is 8.92 Å². The van der Waals surface area contributed by atoms with Gasteiger partial charge in [0.25, 0.3) is 11.1 Å². The van der Waals surface area contributed by atoms with E-state index in [2.05, 4.69) is 0 Å². The molecule has 0 bridgehead atoms. The molecule has 3 aromatic rings. The summed E-state index contributed by atoms with van der Waals surface area (Å²) in [5, 5.41) is 0.366. The van der Waals surface area contributed by atoms with Crippen molar-refractivity contribution in [2.24, 2.45) is 0 Å². The predicted octanol–water partition coefficient (Wildman–Crippen LogP) is 6.01. The van der Waals surface area contributed by atoms with Crippen molar-refractivity contribution in [1.82, 2.24) is 4.90 Å². The molecule has 0 atom stereocenters. The smallest absolute Gasteiger partial charge is 0.339 e. The van der Waals surface area contributed by atoms with Crippen LogP contribution >= 0.6 is 35.0 Å². The highest BCUT2D eigenvalue weighted by atomic mass is 35.5. The van der Waals surface area contributed by atoms with Crippen LogP contribution in [0.1, 0.15) is 11.1 Å². The van der Waals surface area contributed by atoms with Gasteiger partial charge in [0.1, 0.15) is 4.90 Å². The largest absolute Gasteiger partial charge is 0.493 e. The van der Waals surface area contributed by atoms with Crippen LogP contribution in [-0.2, 0) is 21.5 Å². The first kappa shape index (κ1) is 25.1. The summed E-state index contributed by atoms with van der Waals surface area (Å²) in [6, 6.07) is 17.0. The lowest BCUT2D eigenvalue weighted by molar-refractivity contribution is -0.123. The third-order valence-electron chi connectivity index (χ3n) is 4.93. The van der Waals surface area contributed by atoms with Crippen LogP contribution in [0.15, 0.2) is 76.5 Å². The lowest BCUT2D eigenvalue weighted by Gasteiger charge is -2.13. The highest BCUT2D eigenvalue weighted by Gasteiger charge is 2.35. The maximum Gasteiger partial charge on any atom is 0.339 e. The highest BCUT2D eigenvalue weighted by molar-refractivity contribution is 8.18. The normalized spacial score (nSPS) is 15.1.